The summed E-state index contributed by atoms with van der Waals surface area (Å²) >= 11 is 0. The van der Waals surface area contributed by atoms with Crippen molar-refractivity contribution in [1.29, 1.82) is 0 Å². The molecule has 2 aliphatic rings. The van der Waals surface area contributed by atoms with Crippen molar-refractivity contribution in [3.63, 3.8) is 0 Å². The first-order valence-electron chi connectivity index (χ1n) is 10.5. The summed E-state index contributed by atoms with van der Waals surface area (Å²) in [5.41, 5.74) is 0.714. The van der Waals surface area contributed by atoms with Gasteiger partial charge in [-0.2, -0.15) is 10.1 Å². The highest BCUT2D eigenvalue weighted by molar-refractivity contribution is 5.92. The average Bonchev–Trinajstić information content (AvgIpc) is 3.37. The number of hydrogen-bond acceptors (Lipinski definition) is 6. The molecule has 4 heterocycles. The van der Waals surface area contributed by atoms with Crippen LogP contribution in [0.25, 0.3) is 0 Å². The molecule has 4 rings (SSSR count). The van der Waals surface area contributed by atoms with Gasteiger partial charge in [-0.3, -0.25) is 14.4 Å². The molecule has 0 saturated carbocycles. The molecular weight excluding hydrogens is 356 g/mol. The fourth-order valence-electron chi connectivity index (χ4n) is 4.69. The molecule has 0 aromatic carbocycles. The molecular formula is C20H30N6O2. The summed E-state index contributed by atoms with van der Waals surface area (Å²) in [6.45, 7) is 9.26. The van der Waals surface area contributed by atoms with Gasteiger partial charge >= 0.3 is 0 Å². The fraction of sp³-hybridized carbons (Fsp3) is 0.700. The van der Waals surface area contributed by atoms with Gasteiger partial charge in [-0.15, -0.1) is 0 Å². The van der Waals surface area contributed by atoms with Gasteiger partial charge < -0.3 is 9.42 Å². The zero-order chi connectivity index (χ0) is 19.5. The number of carbonyl (C=O) groups is 1. The minimum absolute atomic E-state index is 0.128. The highest BCUT2D eigenvalue weighted by Crippen LogP contribution is 2.33. The quantitative estimate of drug-likeness (QED) is 0.785. The number of hydrogen-bond donors (Lipinski definition) is 0. The highest BCUT2D eigenvalue weighted by Gasteiger charge is 2.32. The lowest BCUT2D eigenvalue weighted by atomic mass is 9.78. The molecule has 2 saturated heterocycles. The average molecular weight is 387 g/mol. The third-order valence-corrected chi connectivity index (χ3v) is 6.30. The van der Waals surface area contributed by atoms with Crippen molar-refractivity contribution in [3.8, 4) is 0 Å². The maximum atomic E-state index is 12.8. The van der Waals surface area contributed by atoms with Crippen molar-refractivity contribution in [1.82, 2.24) is 29.7 Å². The maximum absolute atomic E-state index is 12.8. The van der Waals surface area contributed by atoms with E-state index in [2.05, 4.69) is 20.1 Å². The Morgan fingerprint density at radius 1 is 1.14 bits per heavy atom. The molecule has 0 aliphatic carbocycles. The first-order chi connectivity index (χ1) is 13.6. The molecule has 0 N–H and O–H groups in total. The van der Waals surface area contributed by atoms with Crippen LogP contribution in [0.4, 0.5) is 0 Å². The van der Waals surface area contributed by atoms with E-state index in [4.69, 9.17) is 4.52 Å². The minimum Gasteiger partial charge on any atom is -0.340 e. The van der Waals surface area contributed by atoms with Crippen molar-refractivity contribution in [2.75, 3.05) is 26.2 Å². The number of rotatable bonds is 5. The summed E-state index contributed by atoms with van der Waals surface area (Å²) in [6.07, 6.45) is 6.38. The molecule has 0 bridgehead atoms. The van der Waals surface area contributed by atoms with Crippen molar-refractivity contribution in [2.45, 2.75) is 52.6 Å². The summed E-state index contributed by atoms with van der Waals surface area (Å²) in [5, 5.41) is 8.23. The Morgan fingerprint density at radius 2 is 1.82 bits per heavy atom. The van der Waals surface area contributed by atoms with Gasteiger partial charge in [0.25, 0.3) is 5.91 Å². The van der Waals surface area contributed by atoms with Gasteiger partial charge in [0.05, 0.1) is 6.54 Å². The molecule has 2 aromatic heterocycles. The lowest BCUT2D eigenvalue weighted by Crippen LogP contribution is -2.43. The Labute approximate surface area is 165 Å². The van der Waals surface area contributed by atoms with Crippen molar-refractivity contribution < 1.29 is 9.32 Å². The van der Waals surface area contributed by atoms with Crippen LogP contribution in [0.2, 0.25) is 0 Å². The number of amides is 1. The smallest absolute Gasteiger partial charge is 0.272 e. The van der Waals surface area contributed by atoms with Crippen LogP contribution in [0.1, 0.15) is 54.8 Å². The Morgan fingerprint density at radius 3 is 2.43 bits per heavy atom. The molecule has 0 atom stereocenters. The van der Waals surface area contributed by atoms with Gasteiger partial charge in [0.15, 0.2) is 5.82 Å². The van der Waals surface area contributed by atoms with Crippen LogP contribution in [-0.4, -0.2) is 61.8 Å². The number of carbonyl (C=O) groups excluding carboxylic acids is 1. The van der Waals surface area contributed by atoms with Crippen LogP contribution in [0.15, 0.2) is 16.8 Å². The first kappa shape index (κ1) is 19.1. The summed E-state index contributed by atoms with van der Waals surface area (Å²) in [7, 11) is 0. The summed E-state index contributed by atoms with van der Waals surface area (Å²) < 4.78 is 6.85. The molecule has 2 fully saturated rings. The van der Waals surface area contributed by atoms with E-state index in [-0.39, 0.29) is 5.91 Å². The fourth-order valence-corrected chi connectivity index (χ4v) is 4.69. The predicted octanol–water partition coefficient (Wildman–Crippen LogP) is 2.36. The number of aryl methyl sites for hydroxylation is 2. The van der Waals surface area contributed by atoms with Crippen LogP contribution in [0.5, 0.6) is 0 Å². The Balaban J connectivity index is 1.24. The predicted molar refractivity (Wildman–Crippen MR) is 104 cm³/mol. The molecule has 8 nitrogen and oxygen atoms in total. The normalized spacial score (nSPS) is 20.0. The van der Waals surface area contributed by atoms with E-state index in [0.29, 0.717) is 11.6 Å². The van der Waals surface area contributed by atoms with E-state index in [1.165, 1.54) is 12.8 Å². The molecule has 1 amide bonds. The SMILES string of the molecule is CCn1nccc1C(=O)N1CCC(C2CCN(Cc3noc(C)n3)CC2)CC1. The lowest BCUT2D eigenvalue weighted by molar-refractivity contribution is 0.0586. The van der Waals surface area contributed by atoms with Gasteiger partial charge in [0.1, 0.15) is 5.69 Å². The third kappa shape index (κ3) is 4.11. The van der Waals surface area contributed by atoms with E-state index >= 15 is 0 Å². The van der Waals surface area contributed by atoms with Crippen molar-refractivity contribution in [2.24, 2.45) is 11.8 Å². The third-order valence-electron chi connectivity index (χ3n) is 6.30. The number of likely N-dealkylation sites (tertiary alicyclic amines) is 2. The van der Waals surface area contributed by atoms with Crippen LogP contribution < -0.4 is 0 Å². The molecule has 2 aromatic rings. The maximum Gasteiger partial charge on any atom is 0.272 e. The van der Waals surface area contributed by atoms with Gasteiger partial charge in [0, 0.05) is 32.8 Å². The van der Waals surface area contributed by atoms with Crippen LogP contribution in [0.3, 0.4) is 0 Å². The number of piperidine rings is 2. The standard InChI is InChI=1S/C20H30N6O2/c1-3-26-18(4-9-21-26)20(27)25-12-7-17(8-13-25)16-5-10-24(11-6-16)14-19-22-15(2)28-23-19/h4,9,16-17H,3,5-8,10-14H2,1-2H3. The number of nitrogens with zero attached hydrogens (tertiary/aromatic N) is 6. The second kappa shape index (κ2) is 8.43. The summed E-state index contributed by atoms with van der Waals surface area (Å²) in [5.74, 6) is 3.04. The topological polar surface area (TPSA) is 80.3 Å². The Hall–Kier alpha value is -2.22. The van der Waals surface area contributed by atoms with E-state index < -0.39 is 0 Å². The highest BCUT2D eigenvalue weighted by atomic mass is 16.5. The molecule has 0 unspecified atom stereocenters. The second-order valence-electron chi connectivity index (χ2n) is 8.01. The summed E-state index contributed by atoms with van der Waals surface area (Å²) in [4.78, 5) is 21.5. The molecule has 28 heavy (non-hydrogen) atoms. The van der Waals surface area contributed by atoms with E-state index in [1.54, 1.807) is 10.9 Å². The van der Waals surface area contributed by atoms with Crippen molar-refractivity contribution in [3.05, 3.63) is 29.7 Å². The van der Waals surface area contributed by atoms with Gasteiger partial charge in [-0.1, -0.05) is 5.16 Å². The van der Waals surface area contributed by atoms with E-state index in [9.17, 15) is 4.79 Å². The minimum atomic E-state index is 0.128. The molecule has 0 radical (unpaired) electrons. The zero-order valence-electron chi connectivity index (χ0n) is 16.9. The van der Waals surface area contributed by atoms with E-state index in [0.717, 1.165) is 69.8 Å². The second-order valence-corrected chi connectivity index (χ2v) is 8.01. The molecule has 152 valence electrons. The summed E-state index contributed by atoms with van der Waals surface area (Å²) in [6, 6.07) is 1.83. The van der Waals surface area contributed by atoms with E-state index in [1.807, 2.05) is 24.8 Å². The monoisotopic (exact) mass is 386 g/mol. The molecule has 2 aliphatic heterocycles. The van der Waals surface area contributed by atoms with Gasteiger partial charge in [-0.25, -0.2) is 0 Å². The van der Waals surface area contributed by atoms with Gasteiger partial charge in [0.2, 0.25) is 5.89 Å². The van der Waals surface area contributed by atoms with Crippen LogP contribution in [0, 0.1) is 18.8 Å². The van der Waals surface area contributed by atoms with Gasteiger partial charge in [-0.05, 0) is 63.6 Å². The Kier molecular flexibility index (Phi) is 5.75. The van der Waals surface area contributed by atoms with Crippen LogP contribution in [-0.2, 0) is 13.1 Å². The van der Waals surface area contributed by atoms with Crippen LogP contribution >= 0.6 is 0 Å². The lowest BCUT2D eigenvalue weighted by Gasteiger charge is -2.40. The number of aromatic nitrogens is 4. The largest absolute Gasteiger partial charge is 0.340 e. The molecule has 8 heteroatoms. The molecule has 0 spiro atoms. The first-order valence-corrected chi connectivity index (χ1v) is 10.5. The van der Waals surface area contributed by atoms with Crippen molar-refractivity contribution >= 4 is 5.91 Å². The Bertz CT molecular complexity index is 784. The zero-order valence-corrected chi connectivity index (χ0v) is 16.9.